The monoisotopic (exact) mass is 361 g/mol. The summed E-state index contributed by atoms with van der Waals surface area (Å²) in [5.74, 6) is 0.127. The minimum Gasteiger partial charge on any atom is -0.378 e. The number of piperidine rings is 1. The Hall–Kier alpha value is -2.85. The molecule has 1 aliphatic heterocycles. The summed E-state index contributed by atoms with van der Waals surface area (Å²) in [5, 5.41) is 3.34. The van der Waals surface area contributed by atoms with Crippen LogP contribution in [0.15, 0.2) is 59.7 Å². The van der Waals surface area contributed by atoms with Crippen molar-refractivity contribution >= 4 is 29.3 Å². The quantitative estimate of drug-likeness (QED) is 0.846. The molecule has 1 fully saturated rings. The van der Waals surface area contributed by atoms with Gasteiger partial charge in [0, 0.05) is 63.8 Å². The molecule has 1 saturated heterocycles. The Morgan fingerprint density at radius 2 is 1.07 bits per heavy atom. The number of carbonyl (C=O) groups is 1. The molecule has 1 heterocycles. The second kappa shape index (κ2) is 8.23. The first-order valence-corrected chi connectivity index (χ1v) is 9.15. The Balaban J connectivity index is 1.80. The highest BCUT2D eigenvalue weighted by atomic mass is 16.1. The Labute approximate surface area is 161 Å². The van der Waals surface area contributed by atoms with Gasteiger partial charge in [0.15, 0.2) is 5.78 Å². The number of Topliss-reactive ketones (excluding diaryl/α,β-unsaturated/α-hetero) is 1. The van der Waals surface area contributed by atoms with Gasteiger partial charge in [-0.2, -0.15) is 0 Å². The van der Waals surface area contributed by atoms with Gasteiger partial charge in [0.25, 0.3) is 0 Å². The van der Waals surface area contributed by atoms with Gasteiger partial charge < -0.3 is 15.1 Å². The summed E-state index contributed by atoms with van der Waals surface area (Å²) >= 11 is 0. The Bertz CT molecular complexity index is 788. The highest BCUT2D eigenvalue weighted by Crippen LogP contribution is 2.20. The molecule has 0 amide bonds. The molecule has 27 heavy (non-hydrogen) atoms. The lowest BCUT2D eigenvalue weighted by molar-refractivity contribution is -0.112. The van der Waals surface area contributed by atoms with Crippen LogP contribution in [0.4, 0.5) is 11.4 Å². The molecule has 0 aromatic heterocycles. The van der Waals surface area contributed by atoms with Crippen LogP contribution in [0.2, 0.25) is 0 Å². The summed E-state index contributed by atoms with van der Waals surface area (Å²) in [5.41, 5.74) is 5.98. The van der Waals surface area contributed by atoms with Crippen molar-refractivity contribution in [2.75, 3.05) is 51.1 Å². The largest absolute Gasteiger partial charge is 0.378 e. The standard InChI is InChI=1S/C23H27N3O/c1-25(2)21-9-5-17(6-10-21)13-19-15-24-16-20(23(19)27)14-18-7-11-22(12-8-18)26(3)4/h5-14,24H,15-16H2,1-4H3/b19-13-,20-14+. The molecule has 140 valence electrons. The van der Waals surface area contributed by atoms with Gasteiger partial charge in [0.1, 0.15) is 0 Å². The number of hydrogen-bond acceptors (Lipinski definition) is 4. The van der Waals surface area contributed by atoms with Crippen LogP contribution in [0, 0.1) is 0 Å². The van der Waals surface area contributed by atoms with Crippen molar-refractivity contribution in [3.05, 3.63) is 70.8 Å². The number of anilines is 2. The number of rotatable bonds is 4. The molecule has 4 heteroatoms. The Morgan fingerprint density at radius 3 is 1.41 bits per heavy atom. The fourth-order valence-electron chi connectivity index (χ4n) is 3.07. The lowest BCUT2D eigenvalue weighted by Crippen LogP contribution is -2.32. The summed E-state index contributed by atoms with van der Waals surface area (Å²) in [6, 6.07) is 16.5. The van der Waals surface area contributed by atoms with Crippen LogP contribution in [0.3, 0.4) is 0 Å². The first kappa shape index (κ1) is 18.9. The molecule has 0 spiro atoms. The van der Waals surface area contributed by atoms with E-state index >= 15 is 0 Å². The molecule has 3 rings (SSSR count). The van der Waals surface area contributed by atoms with Gasteiger partial charge in [-0.1, -0.05) is 24.3 Å². The normalized spacial score (nSPS) is 17.4. The van der Waals surface area contributed by atoms with E-state index in [4.69, 9.17) is 0 Å². The third kappa shape index (κ3) is 4.66. The van der Waals surface area contributed by atoms with Crippen molar-refractivity contribution in [2.24, 2.45) is 0 Å². The summed E-state index contributed by atoms with van der Waals surface area (Å²) in [7, 11) is 8.07. The van der Waals surface area contributed by atoms with Crippen molar-refractivity contribution in [3.8, 4) is 0 Å². The number of benzene rings is 2. The zero-order valence-corrected chi connectivity index (χ0v) is 16.5. The molecule has 1 N–H and O–H groups in total. The molecule has 1 aliphatic rings. The maximum absolute atomic E-state index is 12.9. The summed E-state index contributed by atoms with van der Waals surface area (Å²) in [6.45, 7) is 1.20. The van der Waals surface area contributed by atoms with Crippen LogP contribution in [-0.2, 0) is 4.79 Å². The molecular weight excluding hydrogens is 334 g/mol. The highest BCUT2D eigenvalue weighted by molar-refractivity contribution is 6.14. The van der Waals surface area contributed by atoms with E-state index in [1.54, 1.807) is 0 Å². The van der Waals surface area contributed by atoms with Gasteiger partial charge in [0.2, 0.25) is 0 Å². The molecule has 0 saturated carbocycles. The van der Waals surface area contributed by atoms with Crippen LogP contribution < -0.4 is 15.1 Å². The van der Waals surface area contributed by atoms with E-state index in [-0.39, 0.29) is 5.78 Å². The second-order valence-electron chi connectivity index (χ2n) is 7.24. The van der Waals surface area contributed by atoms with E-state index < -0.39 is 0 Å². The minimum atomic E-state index is 0.127. The molecule has 4 nitrogen and oxygen atoms in total. The molecule has 0 radical (unpaired) electrons. The van der Waals surface area contributed by atoms with Crippen LogP contribution in [-0.4, -0.2) is 47.1 Å². The van der Waals surface area contributed by atoms with Crippen LogP contribution in [0.5, 0.6) is 0 Å². The van der Waals surface area contributed by atoms with Gasteiger partial charge >= 0.3 is 0 Å². The maximum Gasteiger partial charge on any atom is 0.187 e. The lowest BCUT2D eigenvalue weighted by Gasteiger charge is -2.18. The number of carbonyl (C=O) groups excluding carboxylic acids is 1. The molecule has 2 aromatic rings. The zero-order valence-electron chi connectivity index (χ0n) is 16.5. The van der Waals surface area contributed by atoms with Crippen molar-refractivity contribution in [1.29, 1.82) is 0 Å². The maximum atomic E-state index is 12.9. The SMILES string of the molecule is CN(C)c1ccc(/C=C2/CNC/C(=C\c3ccc(N(C)C)cc3)C2=O)cc1. The molecule has 0 unspecified atom stereocenters. The van der Waals surface area contributed by atoms with Gasteiger partial charge in [0.05, 0.1) is 0 Å². The van der Waals surface area contributed by atoms with Crippen molar-refractivity contribution in [3.63, 3.8) is 0 Å². The van der Waals surface area contributed by atoms with Crippen LogP contribution >= 0.6 is 0 Å². The highest BCUT2D eigenvalue weighted by Gasteiger charge is 2.20. The predicted octanol–water partition coefficient (Wildman–Crippen LogP) is 3.46. The van der Waals surface area contributed by atoms with E-state index in [9.17, 15) is 4.79 Å². The average Bonchev–Trinajstić information content (AvgIpc) is 2.66. The summed E-state index contributed by atoms with van der Waals surface area (Å²) in [4.78, 5) is 17.0. The van der Waals surface area contributed by atoms with E-state index in [0.717, 1.165) is 33.6 Å². The predicted molar refractivity (Wildman–Crippen MR) is 115 cm³/mol. The van der Waals surface area contributed by atoms with Gasteiger partial charge in [-0.15, -0.1) is 0 Å². The Kier molecular flexibility index (Phi) is 5.77. The number of nitrogens with zero attached hydrogens (tertiary/aromatic N) is 2. The smallest absolute Gasteiger partial charge is 0.187 e. The first-order valence-electron chi connectivity index (χ1n) is 9.15. The van der Waals surface area contributed by atoms with Crippen molar-refractivity contribution < 1.29 is 4.79 Å². The second-order valence-corrected chi connectivity index (χ2v) is 7.24. The molecular formula is C23H27N3O. The average molecular weight is 361 g/mol. The fraction of sp³-hybridized carbons (Fsp3) is 0.261. The van der Waals surface area contributed by atoms with Gasteiger partial charge in [-0.25, -0.2) is 0 Å². The Morgan fingerprint density at radius 1 is 0.704 bits per heavy atom. The van der Waals surface area contributed by atoms with Gasteiger partial charge in [-0.05, 0) is 47.5 Å². The van der Waals surface area contributed by atoms with Gasteiger partial charge in [-0.3, -0.25) is 4.79 Å². The fourth-order valence-corrected chi connectivity index (χ4v) is 3.07. The van der Waals surface area contributed by atoms with Crippen molar-refractivity contribution in [1.82, 2.24) is 5.32 Å². The minimum absolute atomic E-state index is 0.127. The van der Waals surface area contributed by atoms with Crippen LogP contribution in [0.1, 0.15) is 11.1 Å². The summed E-state index contributed by atoms with van der Waals surface area (Å²) < 4.78 is 0. The number of hydrogen-bond donors (Lipinski definition) is 1. The number of nitrogens with one attached hydrogen (secondary N) is 1. The van der Waals surface area contributed by atoms with Crippen LogP contribution in [0.25, 0.3) is 12.2 Å². The first-order chi connectivity index (χ1) is 12.9. The van der Waals surface area contributed by atoms with E-state index in [1.807, 2.05) is 64.6 Å². The zero-order chi connectivity index (χ0) is 19.4. The third-order valence-corrected chi connectivity index (χ3v) is 4.71. The van der Waals surface area contributed by atoms with E-state index in [1.165, 1.54) is 0 Å². The van der Waals surface area contributed by atoms with E-state index in [2.05, 4.69) is 39.4 Å². The topological polar surface area (TPSA) is 35.6 Å². The lowest BCUT2D eigenvalue weighted by atomic mass is 9.95. The van der Waals surface area contributed by atoms with E-state index in [0.29, 0.717) is 13.1 Å². The summed E-state index contributed by atoms with van der Waals surface area (Å²) in [6.07, 6.45) is 3.97. The van der Waals surface area contributed by atoms with Crippen molar-refractivity contribution in [2.45, 2.75) is 0 Å². The third-order valence-electron chi connectivity index (χ3n) is 4.71. The number of ketones is 1. The molecule has 0 atom stereocenters. The molecule has 2 aromatic carbocycles. The molecule has 0 bridgehead atoms. The molecule has 0 aliphatic carbocycles.